The number of hydrogen-bond donors (Lipinski definition) is 5. The minimum Gasteiger partial charge on any atom is -0.384 e. The number of carbonyl (C=O) groups is 1. The molecule has 0 saturated heterocycles. The average molecular weight is 531 g/mol. The number of hydrazone groups is 1. The Labute approximate surface area is 222 Å². The number of anilines is 1. The summed E-state index contributed by atoms with van der Waals surface area (Å²) >= 11 is 3.09. The number of amidine groups is 1. The number of aliphatic imine (C=N–C) groups is 1. The number of thiazole rings is 1. The highest BCUT2D eigenvalue weighted by Gasteiger charge is 2.18. The van der Waals surface area contributed by atoms with Crippen LogP contribution in [0.15, 0.2) is 87.8 Å². The molecule has 0 aliphatic carbocycles. The number of nitrogen functional groups attached to an aromatic ring is 1. The second kappa shape index (κ2) is 12.3. The monoisotopic (exact) mass is 530 g/mol. The predicted molar refractivity (Wildman–Crippen MR) is 154 cm³/mol. The molecule has 1 atom stereocenters. The highest BCUT2D eigenvalue weighted by Crippen LogP contribution is 2.31. The van der Waals surface area contributed by atoms with Crippen LogP contribution in [0, 0.1) is 5.41 Å². The maximum Gasteiger partial charge on any atom is 0.277 e. The molecule has 1 aromatic heterocycles. The molecule has 0 aliphatic heterocycles. The van der Waals surface area contributed by atoms with Crippen LogP contribution in [0.1, 0.15) is 22.2 Å². The number of amides is 1. The van der Waals surface area contributed by atoms with Gasteiger partial charge in [0.05, 0.1) is 22.5 Å². The second-order valence-corrected chi connectivity index (χ2v) is 9.97. The minimum atomic E-state index is -0.444. The van der Waals surface area contributed by atoms with Gasteiger partial charge in [0.1, 0.15) is 10.8 Å². The molecule has 4 rings (SSSR count). The minimum absolute atomic E-state index is 0.0300. The van der Waals surface area contributed by atoms with Gasteiger partial charge in [-0.2, -0.15) is 5.10 Å². The molecular formula is C26H26N8OS2. The Morgan fingerprint density at radius 1 is 1.16 bits per heavy atom. The molecule has 0 aliphatic rings. The first-order valence-electron chi connectivity index (χ1n) is 11.3. The first-order chi connectivity index (χ1) is 18.0. The lowest BCUT2D eigenvalue weighted by Gasteiger charge is -2.17. The number of benzene rings is 3. The number of fused-ring (bicyclic) bond motifs is 1. The second-order valence-electron chi connectivity index (χ2n) is 7.99. The molecule has 9 nitrogen and oxygen atoms in total. The number of carbonyl (C=O) groups excluding carboxylic acids is 1. The Balaban J connectivity index is 1.55. The van der Waals surface area contributed by atoms with Crippen molar-refractivity contribution in [2.24, 2.45) is 21.7 Å². The summed E-state index contributed by atoms with van der Waals surface area (Å²) in [5.41, 5.74) is 9.02. The van der Waals surface area contributed by atoms with Gasteiger partial charge >= 0.3 is 0 Å². The molecule has 0 radical (unpaired) electrons. The Hall–Kier alpha value is -4.06. The van der Waals surface area contributed by atoms with Gasteiger partial charge in [-0.3, -0.25) is 15.2 Å². The average Bonchev–Trinajstić information content (AvgIpc) is 3.34. The molecule has 1 amide bonds. The molecule has 0 spiro atoms. The number of rotatable bonds is 10. The summed E-state index contributed by atoms with van der Waals surface area (Å²) in [4.78, 5) is 22.0. The molecule has 7 N–H and O–H groups in total. The SMILES string of the molecule is CN=CC(=NN)C(=O)Nc1cccc(SNC(Cc2cccc(C(=N)N)c2)c2nc3ccccc3s2)c1. The van der Waals surface area contributed by atoms with Crippen LogP contribution in [0.2, 0.25) is 0 Å². The van der Waals surface area contributed by atoms with E-state index in [-0.39, 0.29) is 17.6 Å². The quantitative estimate of drug-likeness (QED) is 0.0683. The molecule has 37 heavy (non-hydrogen) atoms. The lowest BCUT2D eigenvalue weighted by atomic mass is 10.0. The zero-order chi connectivity index (χ0) is 26.2. The van der Waals surface area contributed by atoms with Crippen molar-refractivity contribution in [1.82, 2.24) is 9.71 Å². The number of para-hydroxylation sites is 1. The predicted octanol–water partition coefficient (Wildman–Crippen LogP) is 4.11. The van der Waals surface area contributed by atoms with Gasteiger partial charge in [-0.15, -0.1) is 11.3 Å². The van der Waals surface area contributed by atoms with E-state index in [4.69, 9.17) is 22.0 Å². The Kier molecular flexibility index (Phi) is 8.62. The van der Waals surface area contributed by atoms with E-state index in [0.717, 1.165) is 25.7 Å². The van der Waals surface area contributed by atoms with Crippen LogP contribution in [0.25, 0.3) is 10.2 Å². The van der Waals surface area contributed by atoms with Gasteiger partial charge in [-0.1, -0.05) is 36.4 Å². The van der Waals surface area contributed by atoms with Gasteiger partial charge in [0.2, 0.25) is 0 Å². The van der Waals surface area contributed by atoms with E-state index in [9.17, 15) is 4.79 Å². The fraction of sp³-hybridized carbons (Fsp3) is 0.115. The Morgan fingerprint density at radius 2 is 1.97 bits per heavy atom. The number of hydrogen-bond acceptors (Lipinski definition) is 9. The molecule has 0 bridgehead atoms. The van der Waals surface area contributed by atoms with Gasteiger partial charge in [-0.25, -0.2) is 9.71 Å². The van der Waals surface area contributed by atoms with Crippen molar-refractivity contribution < 1.29 is 4.79 Å². The molecule has 3 aromatic carbocycles. The summed E-state index contributed by atoms with van der Waals surface area (Å²) in [5, 5.41) is 15.0. The van der Waals surface area contributed by atoms with Crippen LogP contribution >= 0.6 is 23.3 Å². The smallest absolute Gasteiger partial charge is 0.277 e. The summed E-state index contributed by atoms with van der Waals surface area (Å²) in [6.45, 7) is 0. The van der Waals surface area contributed by atoms with Crippen LogP contribution in [-0.4, -0.2) is 35.7 Å². The fourth-order valence-electron chi connectivity index (χ4n) is 3.56. The van der Waals surface area contributed by atoms with E-state index in [1.807, 2.05) is 60.7 Å². The van der Waals surface area contributed by atoms with Crippen molar-refractivity contribution in [3.05, 3.63) is 88.9 Å². The normalized spacial score (nSPS) is 12.6. The van der Waals surface area contributed by atoms with Gasteiger partial charge < -0.3 is 16.9 Å². The number of nitrogens with one attached hydrogen (secondary N) is 3. The highest BCUT2D eigenvalue weighted by atomic mass is 32.2. The zero-order valence-electron chi connectivity index (χ0n) is 20.0. The van der Waals surface area contributed by atoms with Crippen molar-refractivity contribution in [2.75, 3.05) is 12.4 Å². The lowest BCUT2D eigenvalue weighted by molar-refractivity contribution is -0.110. The van der Waals surface area contributed by atoms with E-state index in [2.05, 4.69) is 26.2 Å². The number of nitrogens with two attached hydrogens (primary N) is 2. The summed E-state index contributed by atoms with van der Waals surface area (Å²) in [6.07, 6.45) is 1.95. The molecule has 0 fully saturated rings. The lowest BCUT2D eigenvalue weighted by Crippen LogP contribution is -2.25. The van der Waals surface area contributed by atoms with E-state index in [1.54, 1.807) is 24.5 Å². The third-order valence-electron chi connectivity index (χ3n) is 5.32. The van der Waals surface area contributed by atoms with Gasteiger partial charge in [0, 0.05) is 23.2 Å². The first-order valence-corrected chi connectivity index (χ1v) is 12.9. The number of aromatic nitrogens is 1. The van der Waals surface area contributed by atoms with Crippen molar-refractivity contribution in [3.63, 3.8) is 0 Å². The van der Waals surface area contributed by atoms with E-state index < -0.39 is 5.91 Å². The summed E-state index contributed by atoms with van der Waals surface area (Å²) in [6, 6.07) is 23.1. The summed E-state index contributed by atoms with van der Waals surface area (Å²) < 4.78 is 4.66. The molecule has 4 aromatic rings. The summed E-state index contributed by atoms with van der Waals surface area (Å²) in [7, 11) is 1.54. The third kappa shape index (κ3) is 6.79. The van der Waals surface area contributed by atoms with Crippen LogP contribution in [0.4, 0.5) is 5.69 Å². The van der Waals surface area contributed by atoms with E-state index in [1.165, 1.54) is 18.2 Å². The molecule has 1 heterocycles. The molecule has 188 valence electrons. The Morgan fingerprint density at radius 3 is 2.73 bits per heavy atom. The van der Waals surface area contributed by atoms with Crippen LogP contribution < -0.4 is 21.6 Å². The van der Waals surface area contributed by atoms with Crippen LogP contribution in [-0.2, 0) is 11.2 Å². The largest absolute Gasteiger partial charge is 0.384 e. The first kappa shape index (κ1) is 26.0. The highest BCUT2D eigenvalue weighted by molar-refractivity contribution is 7.97. The molecule has 0 saturated carbocycles. The third-order valence-corrected chi connectivity index (χ3v) is 7.36. The van der Waals surface area contributed by atoms with Crippen molar-refractivity contribution in [1.29, 1.82) is 5.41 Å². The van der Waals surface area contributed by atoms with Gasteiger partial charge in [0.15, 0.2) is 5.71 Å². The van der Waals surface area contributed by atoms with E-state index in [0.29, 0.717) is 17.7 Å². The van der Waals surface area contributed by atoms with Crippen molar-refractivity contribution in [2.45, 2.75) is 17.4 Å². The van der Waals surface area contributed by atoms with Crippen molar-refractivity contribution in [3.8, 4) is 0 Å². The van der Waals surface area contributed by atoms with Gasteiger partial charge in [-0.05, 0) is 60.3 Å². The van der Waals surface area contributed by atoms with Gasteiger partial charge in [0.25, 0.3) is 5.91 Å². The van der Waals surface area contributed by atoms with Crippen molar-refractivity contribution >= 4 is 62.9 Å². The molecular weight excluding hydrogens is 504 g/mol. The maximum atomic E-state index is 12.4. The fourth-order valence-corrected chi connectivity index (χ4v) is 5.46. The van der Waals surface area contributed by atoms with Crippen LogP contribution in [0.3, 0.4) is 0 Å². The maximum absolute atomic E-state index is 12.4. The van der Waals surface area contributed by atoms with E-state index >= 15 is 0 Å². The Bertz CT molecular complexity index is 1450. The molecule has 1 unspecified atom stereocenters. The number of nitrogens with zero attached hydrogens (tertiary/aromatic N) is 3. The zero-order valence-corrected chi connectivity index (χ0v) is 21.6. The standard InChI is InChI=1S/C26H26N8OS2/c1-30-15-22(33-29)25(35)31-18-8-5-9-19(14-18)37-34-21(13-16-6-4-7-17(12-16)24(27)28)26-32-20-10-2-3-11-23(20)36-26/h2-12,14-15,21,34H,13,29H2,1H3,(H3,27,28)(H,31,35). The topological polar surface area (TPSA) is 155 Å². The summed E-state index contributed by atoms with van der Waals surface area (Å²) in [5.74, 6) is 4.89. The molecule has 11 heteroatoms. The van der Waals surface area contributed by atoms with Crippen LogP contribution in [0.5, 0.6) is 0 Å².